The molecule has 0 aliphatic carbocycles. The molecule has 3 heterocycles. The molecule has 1 aromatic carbocycles. The summed E-state index contributed by atoms with van der Waals surface area (Å²) in [5.74, 6) is -1.24. The number of carboxylic acids is 1. The highest BCUT2D eigenvalue weighted by Crippen LogP contribution is 2.27. The number of rotatable bonds is 4. The number of aliphatic carboxylic acids is 1. The van der Waals surface area contributed by atoms with Crippen LogP contribution in [0.5, 0.6) is 0 Å². The van der Waals surface area contributed by atoms with Gasteiger partial charge < -0.3 is 5.11 Å². The number of nitrogens with zero attached hydrogens (tertiary/aromatic N) is 6. The fraction of sp³-hybridized carbons (Fsp3) is 0.176. The summed E-state index contributed by atoms with van der Waals surface area (Å²) >= 11 is 4.00. The van der Waals surface area contributed by atoms with Gasteiger partial charge in [-0.05, 0) is 12.5 Å². The normalized spacial score (nSPS) is 12.5. The van der Waals surface area contributed by atoms with Crippen LogP contribution in [0.4, 0.5) is 0 Å². The predicted octanol–water partition coefficient (Wildman–Crippen LogP) is 1.37. The van der Waals surface area contributed by atoms with E-state index in [1.807, 2.05) is 37.3 Å². The largest absolute Gasteiger partial charge is 0.480 e. The number of fused-ring (bicyclic) bond motifs is 3. The van der Waals surface area contributed by atoms with E-state index in [4.69, 9.17) is 0 Å². The number of benzene rings is 1. The van der Waals surface area contributed by atoms with Crippen LogP contribution in [-0.4, -0.2) is 46.2 Å². The number of hydrogen-bond acceptors (Lipinski definition) is 7. The summed E-state index contributed by atoms with van der Waals surface area (Å²) in [5, 5.41) is 21.9. The molecule has 136 valence electrons. The average molecular weight is 382 g/mol. The molecule has 1 N–H and O–H groups in total. The molecule has 0 saturated carbocycles. The number of aryl methyl sites for hydroxylation is 1. The van der Waals surface area contributed by atoms with Gasteiger partial charge in [-0.2, -0.15) is 22.2 Å². The third kappa shape index (κ3) is 2.65. The fourth-order valence-electron chi connectivity index (χ4n) is 2.99. The maximum Gasteiger partial charge on any atom is 0.327 e. The SMILES string of the molecule is Cc1nn2c(nnc3c(=O)n(C(CS)C(=O)O)cnc32)c1-c1ccccc1. The highest BCUT2D eigenvalue weighted by atomic mass is 32.1. The lowest BCUT2D eigenvalue weighted by atomic mass is 10.1. The molecule has 0 spiro atoms. The monoisotopic (exact) mass is 382 g/mol. The second kappa shape index (κ2) is 6.47. The van der Waals surface area contributed by atoms with Crippen molar-refractivity contribution in [2.75, 3.05) is 5.75 Å². The Bertz CT molecular complexity index is 1230. The van der Waals surface area contributed by atoms with Gasteiger partial charge in [0.2, 0.25) is 0 Å². The van der Waals surface area contributed by atoms with E-state index in [1.165, 1.54) is 10.8 Å². The first-order valence-corrected chi connectivity index (χ1v) is 8.68. The van der Waals surface area contributed by atoms with Gasteiger partial charge in [-0.3, -0.25) is 9.36 Å². The van der Waals surface area contributed by atoms with Crippen LogP contribution >= 0.6 is 12.6 Å². The first-order chi connectivity index (χ1) is 13.0. The molecule has 1 atom stereocenters. The van der Waals surface area contributed by atoms with E-state index in [2.05, 4.69) is 32.9 Å². The number of hydrogen-bond donors (Lipinski definition) is 2. The molecule has 4 aromatic rings. The van der Waals surface area contributed by atoms with Gasteiger partial charge in [0.05, 0.1) is 11.3 Å². The molecular weight excluding hydrogens is 368 g/mol. The summed E-state index contributed by atoms with van der Waals surface area (Å²) < 4.78 is 2.45. The van der Waals surface area contributed by atoms with Crippen LogP contribution in [0.15, 0.2) is 41.5 Å². The van der Waals surface area contributed by atoms with Crippen LogP contribution < -0.4 is 5.56 Å². The van der Waals surface area contributed by atoms with Gasteiger partial charge in [-0.15, -0.1) is 10.2 Å². The van der Waals surface area contributed by atoms with Gasteiger partial charge in [0, 0.05) is 5.75 Å². The van der Waals surface area contributed by atoms with Crippen molar-refractivity contribution in [3.63, 3.8) is 0 Å². The number of aromatic nitrogens is 6. The Labute approximate surface area is 157 Å². The molecule has 0 bridgehead atoms. The maximum absolute atomic E-state index is 12.7. The Kier molecular flexibility index (Phi) is 4.11. The van der Waals surface area contributed by atoms with Crippen LogP contribution in [0.3, 0.4) is 0 Å². The summed E-state index contributed by atoms with van der Waals surface area (Å²) in [6.07, 6.45) is 1.18. The average Bonchev–Trinajstić information content (AvgIpc) is 3.00. The van der Waals surface area contributed by atoms with Crippen LogP contribution in [0, 0.1) is 6.92 Å². The van der Waals surface area contributed by atoms with E-state index in [0.29, 0.717) is 11.3 Å². The first kappa shape index (κ1) is 17.2. The molecule has 0 aliphatic rings. The lowest BCUT2D eigenvalue weighted by Crippen LogP contribution is -2.32. The molecule has 0 fully saturated rings. The first-order valence-electron chi connectivity index (χ1n) is 8.05. The molecule has 0 aliphatic heterocycles. The van der Waals surface area contributed by atoms with E-state index in [9.17, 15) is 14.7 Å². The molecule has 0 saturated heterocycles. The van der Waals surface area contributed by atoms with Gasteiger partial charge in [-0.1, -0.05) is 30.3 Å². The Hall–Kier alpha value is -3.27. The molecular formula is C17H14N6O3S. The van der Waals surface area contributed by atoms with Crippen LogP contribution in [0.25, 0.3) is 27.9 Å². The van der Waals surface area contributed by atoms with Crippen molar-refractivity contribution in [2.24, 2.45) is 0 Å². The molecule has 27 heavy (non-hydrogen) atoms. The molecule has 0 radical (unpaired) electrons. The van der Waals surface area contributed by atoms with Crippen LogP contribution in [-0.2, 0) is 4.79 Å². The maximum atomic E-state index is 12.7. The standard InChI is InChI=1S/C17H14N6O3S/c1-9-12(10-5-3-2-4-6-10)14-20-19-13-15(23(14)21-9)18-8-22(16(13)24)11(7-27)17(25)26/h2-6,8,11,27H,7H2,1H3,(H,25,26). The number of carbonyl (C=O) groups is 1. The van der Waals surface area contributed by atoms with Crippen molar-refractivity contribution in [1.29, 1.82) is 0 Å². The number of carboxylic acid groups (broad SMARTS) is 1. The van der Waals surface area contributed by atoms with Gasteiger partial charge in [0.25, 0.3) is 5.56 Å². The molecule has 3 aromatic heterocycles. The minimum Gasteiger partial charge on any atom is -0.480 e. The second-order valence-electron chi connectivity index (χ2n) is 5.93. The van der Waals surface area contributed by atoms with E-state index in [1.54, 1.807) is 0 Å². The van der Waals surface area contributed by atoms with Gasteiger partial charge in [0.15, 0.2) is 16.8 Å². The summed E-state index contributed by atoms with van der Waals surface area (Å²) in [5.41, 5.74) is 2.47. The van der Waals surface area contributed by atoms with Crippen molar-refractivity contribution >= 4 is 35.4 Å². The zero-order valence-electron chi connectivity index (χ0n) is 14.1. The van der Waals surface area contributed by atoms with Crippen molar-refractivity contribution in [2.45, 2.75) is 13.0 Å². The lowest BCUT2D eigenvalue weighted by Gasteiger charge is -2.12. The topological polar surface area (TPSA) is 115 Å². The number of thiol groups is 1. The smallest absolute Gasteiger partial charge is 0.327 e. The summed E-state index contributed by atoms with van der Waals surface area (Å²) in [6, 6.07) is 8.46. The minimum atomic E-state index is -1.18. The van der Waals surface area contributed by atoms with Crippen molar-refractivity contribution < 1.29 is 9.90 Å². The highest BCUT2D eigenvalue weighted by Gasteiger charge is 2.23. The zero-order chi connectivity index (χ0) is 19.1. The third-order valence-corrected chi connectivity index (χ3v) is 4.64. The zero-order valence-corrected chi connectivity index (χ0v) is 15.0. The van der Waals surface area contributed by atoms with Crippen LogP contribution in [0.1, 0.15) is 11.7 Å². The van der Waals surface area contributed by atoms with Gasteiger partial charge in [0.1, 0.15) is 12.4 Å². The van der Waals surface area contributed by atoms with Crippen molar-refractivity contribution in [3.8, 4) is 11.1 Å². The molecule has 1 unspecified atom stereocenters. The van der Waals surface area contributed by atoms with Crippen molar-refractivity contribution in [1.82, 2.24) is 29.4 Å². The Morgan fingerprint density at radius 2 is 1.96 bits per heavy atom. The minimum absolute atomic E-state index is 0.0554. The summed E-state index contributed by atoms with van der Waals surface area (Å²) in [7, 11) is 0. The van der Waals surface area contributed by atoms with E-state index >= 15 is 0 Å². The summed E-state index contributed by atoms with van der Waals surface area (Å²) in [4.78, 5) is 28.3. The van der Waals surface area contributed by atoms with E-state index in [-0.39, 0.29) is 16.9 Å². The molecule has 10 heteroatoms. The van der Waals surface area contributed by atoms with E-state index < -0.39 is 17.6 Å². The molecule has 4 rings (SSSR count). The van der Waals surface area contributed by atoms with Crippen LogP contribution in [0.2, 0.25) is 0 Å². The Balaban J connectivity index is 2.00. The molecule has 9 nitrogen and oxygen atoms in total. The highest BCUT2D eigenvalue weighted by molar-refractivity contribution is 7.80. The Morgan fingerprint density at radius 1 is 1.22 bits per heavy atom. The Morgan fingerprint density at radius 3 is 2.63 bits per heavy atom. The van der Waals surface area contributed by atoms with Gasteiger partial charge in [-0.25, -0.2) is 9.78 Å². The predicted molar refractivity (Wildman–Crippen MR) is 101 cm³/mol. The van der Waals surface area contributed by atoms with E-state index in [0.717, 1.165) is 15.7 Å². The fourth-order valence-corrected chi connectivity index (χ4v) is 3.33. The van der Waals surface area contributed by atoms with Gasteiger partial charge >= 0.3 is 5.97 Å². The molecule has 0 amide bonds. The lowest BCUT2D eigenvalue weighted by molar-refractivity contribution is -0.140. The summed E-state index contributed by atoms with van der Waals surface area (Å²) in [6.45, 7) is 1.84. The quantitative estimate of drug-likeness (QED) is 0.512. The third-order valence-electron chi connectivity index (χ3n) is 4.29. The van der Waals surface area contributed by atoms with Crippen molar-refractivity contribution in [3.05, 3.63) is 52.7 Å². The second-order valence-corrected chi connectivity index (χ2v) is 6.29.